The zero-order valence-corrected chi connectivity index (χ0v) is 8.84. The van der Waals surface area contributed by atoms with Gasteiger partial charge in [0.2, 0.25) is 0 Å². The van der Waals surface area contributed by atoms with E-state index in [1.54, 1.807) is 0 Å². The molecule has 3 heterocycles. The molecule has 80 valence electrons. The molecule has 0 aromatic heterocycles. The van der Waals surface area contributed by atoms with Crippen molar-refractivity contribution < 1.29 is 5.11 Å². The maximum absolute atomic E-state index is 9.99. The average Bonchev–Trinajstić information content (AvgIpc) is 2.30. The smallest absolute Gasteiger partial charge is 0.0702 e. The Morgan fingerprint density at radius 3 is 2.60 bits per heavy atom. The molecular weight excluding hydrogens is 186 g/mol. The highest BCUT2D eigenvalue weighted by Gasteiger charge is 2.40. The molecule has 15 heavy (non-hydrogen) atoms. The van der Waals surface area contributed by atoms with Crippen LogP contribution in [0, 0.1) is 5.92 Å². The largest absolute Gasteiger partial charge is 0.391 e. The number of aliphatic hydroxyl groups excluding tert-OH is 1. The zero-order chi connectivity index (χ0) is 10.3. The second kappa shape index (κ2) is 3.62. The first-order chi connectivity index (χ1) is 7.34. The van der Waals surface area contributed by atoms with Gasteiger partial charge in [-0.25, -0.2) is 0 Å². The highest BCUT2D eigenvalue weighted by Crippen LogP contribution is 2.38. The fraction of sp³-hybridized carbons (Fsp3) is 0.538. The summed E-state index contributed by atoms with van der Waals surface area (Å²) in [5, 5.41) is 9.99. The van der Waals surface area contributed by atoms with Crippen LogP contribution in [-0.4, -0.2) is 35.7 Å². The molecule has 3 aliphatic heterocycles. The van der Waals surface area contributed by atoms with Gasteiger partial charge in [0.15, 0.2) is 0 Å². The first kappa shape index (κ1) is 9.37. The normalized spacial score (nSPS) is 39.3. The van der Waals surface area contributed by atoms with Crippen molar-refractivity contribution in [2.24, 2.45) is 5.92 Å². The predicted molar refractivity (Wildman–Crippen MR) is 59.7 cm³/mol. The van der Waals surface area contributed by atoms with Crippen molar-refractivity contribution in [3.63, 3.8) is 0 Å². The molecule has 0 aliphatic carbocycles. The average molecular weight is 203 g/mol. The summed E-state index contributed by atoms with van der Waals surface area (Å²) in [4.78, 5) is 2.39. The molecule has 3 saturated heterocycles. The first-order valence-corrected chi connectivity index (χ1v) is 5.80. The van der Waals surface area contributed by atoms with Crippen LogP contribution < -0.4 is 0 Å². The number of piperidine rings is 3. The fourth-order valence-electron chi connectivity index (χ4n) is 3.12. The van der Waals surface area contributed by atoms with Crippen LogP contribution in [0.3, 0.4) is 0 Å². The van der Waals surface area contributed by atoms with Crippen molar-refractivity contribution in [2.75, 3.05) is 19.6 Å². The monoisotopic (exact) mass is 203 g/mol. The van der Waals surface area contributed by atoms with Gasteiger partial charge in [0.25, 0.3) is 0 Å². The third-order valence-corrected chi connectivity index (χ3v) is 3.92. The molecule has 3 fully saturated rings. The van der Waals surface area contributed by atoms with E-state index in [-0.39, 0.29) is 6.10 Å². The van der Waals surface area contributed by atoms with Gasteiger partial charge in [0.05, 0.1) is 6.10 Å². The third-order valence-electron chi connectivity index (χ3n) is 3.92. The summed E-state index contributed by atoms with van der Waals surface area (Å²) in [5.41, 5.74) is 1.39. The second-order valence-corrected chi connectivity index (χ2v) is 4.80. The van der Waals surface area contributed by atoms with E-state index in [2.05, 4.69) is 35.2 Å². The van der Waals surface area contributed by atoms with Crippen LogP contribution in [0.5, 0.6) is 0 Å². The van der Waals surface area contributed by atoms with Crippen molar-refractivity contribution in [1.29, 1.82) is 0 Å². The van der Waals surface area contributed by atoms with Crippen LogP contribution in [-0.2, 0) is 0 Å². The van der Waals surface area contributed by atoms with Crippen molar-refractivity contribution in [3.05, 3.63) is 35.9 Å². The fourth-order valence-corrected chi connectivity index (χ4v) is 3.12. The number of hydrogen-bond donors (Lipinski definition) is 1. The molecule has 3 aliphatic rings. The molecule has 1 aromatic rings. The molecule has 4 rings (SSSR count). The molecule has 0 amide bonds. The Hall–Kier alpha value is -0.860. The van der Waals surface area contributed by atoms with E-state index < -0.39 is 0 Å². The molecule has 0 radical (unpaired) electrons. The number of nitrogens with zero attached hydrogens (tertiary/aromatic N) is 1. The summed E-state index contributed by atoms with van der Waals surface area (Å²) >= 11 is 0. The lowest BCUT2D eigenvalue weighted by atomic mass is 9.74. The Bertz CT molecular complexity index is 338. The number of hydrogen-bond acceptors (Lipinski definition) is 2. The lowest BCUT2D eigenvalue weighted by Gasteiger charge is -2.48. The molecule has 2 heteroatoms. The quantitative estimate of drug-likeness (QED) is 0.747. The minimum Gasteiger partial charge on any atom is -0.391 e. The molecule has 4 atom stereocenters. The van der Waals surface area contributed by atoms with Gasteiger partial charge in [-0.1, -0.05) is 30.3 Å². The molecule has 0 spiro atoms. The maximum atomic E-state index is 9.99. The van der Waals surface area contributed by atoms with E-state index in [0.29, 0.717) is 11.8 Å². The van der Waals surface area contributed by atoms with Gasteiger partial charge in [0.1, 0.15) is 0 Å². The Kier molecular flexibility index (Phi) is 2.26. The summed E-state index contributed by atoms with van der Waals surface area (Å²) in [6.07, 6.45) is 1.04. The van der Waals surface area contributed by atoms with E-state index >= 15 is 0 Å². The van der Waals surface area contributed by atoms with E-state index in [0.717, 1.165) is 19.5 Å². The number of benzene rings is 1. The number of fused-ring (bicyclic) bond motifs is 3. The zero-order valence-electron chi connectivity index (χ0n) is 8.84. The minimum atomic E-state index is -0.113. The molecule has 2 bridgehead atoms. The number of rotatable bonds is 1. The lowest BCUT2D eigenvalue weighted by molar-refractivity contribution is -0.0373. The van der Waals surface area contributed by atoms with Crippen LogP contribution in [0.25, 0.3) is 0 Å². The molecule has 1 aromatic carbocycles. The van der Waals surface area contributed by atoms with E-state index in [1.807, 2.05) is 0 Å². The SMILES string of the molecule is O[C@H]1CN2CC[C@H]1[C@H](c1ccccc1)C2. The third kappa shape index (κ3) is 1.58. The van der Waals surface area contributed by atoms with Gasteiger partial charge in [-0.3, -0.25) is 0 Å². The molecule has 1 N–H and O–H groups in total. The van der Waals surface area contributed by atoms with E-state index in [1.165, 1.54) is 12.1 Å². The maximum Gasteiger partial charge on any atom is 0.0702 e. The van der Waals surface area contributed by atoms with Crippen molar-refractivity contribution in [2.45, 2.75) is 18.4 Å². The summed E-state index contributed by atoms with van der Waals surface area (Å²) in [5.74, 6) is 1.03. The van der Waals surface area contributed by atoms with Crippen LogP contribution in [0.4, 0.5) is 0 Å². The highest BCUT2D eigenvalue weighted by atomic mass is 16.3. The van der Waals surface area contributed by atoms with Crippen molar-refractivity contribution in [1.82, 2.24) is 4.90 Å². The Labute approximate surface area is 90.5 Å². The van der Waals surface area contributed by atoms with Gasteiger partial charge in [-0.05, 0) is 24.4 Å². The van der Waals surface area contributed by atoms with Crippen molar-refractivity contribution >= 4 is 0 Å². The Balaban J connectivity index is 1.88. The second-order valence-electron chi connectivity index (χ2n) is 4.80. The first-order valence-electron chi connectivity index (χ1n) is 5.80. The molecular formula is C13H17NO. The summed E-state index contributed by atoms with van der Waals surface area (Å²) < 4.78 is 0. The molecule has 2 nitrogen and oxygen atoms in total. The van der Waals surface area contributed by atoms with E-state index in [4.69, 9.17) is 0 Å². The van der Waals surface area contributed by atoms with E-state index in [9.17, 15) is 5.11 Å². The van der Waals surface area contributed by atoms with Crippen LogP contribution in [0.2, 0.25) is 0 Å². The van der Waals surface area contributed by atoms with Gasteiger partial charge < -0.3 is 10.0 Å². The van der Waals surface area contributed by atoms with Gasteiger partial charge in [0, 0.05) is 19.0 Å². The van der Waals surface area contributed by atoms with Crippen molar-refractivity contribution in [3.8, 4) is 0 Å². The minimum absolute atomic E-state index is 0.113. The topological polar surface area (TPSA) is 23.5 Å². The summed E-state index contributed by atoms with van der Waals surface area (Å²) in [7, 11) is 0. The Morgan fingerprint density at radius 1 is 1.13 bits per heavy atom. The van der Waals surface area contributed by atoms with Crippen LogP contribution in [0.15, 0.2) is 30.3 Å². The predicted octanol–water partition coefficient (Wildman–Crippen LogP) is 1.47. The van der Waals surface area contributed by atoms with Gasteiger partial charge in [-0.15, -0.1) is 0 Å². The van der Waals surface area contributed by atoms with Crippen LogP contribution in [0.1, 0.15) is 17.9 Å². The highest BCUT2D eigenvalue weighted by molar-refractivity contribution is 5.23. The molecule has 0 saturated carbocycles. The van der Waals surface area contributed by atoms with Crippen LogP contribution >= 0.6 is 0 Å². The summed E-state index contributed by atoms with van der Waals surface area (Å²) in [6.45, 7) is 3.19. The lowest BCUT2D eigenvalue weighted by Crippen LogP contribution is -2.54. The van der Waals surface area contributed by atoms with Gasteiger partial charge in [-0.2, -0.15) is 0 Å². The number of aliphatic hydroxyl groups is 1. The Morgan fingerprint density at radius 2 is 1.93 bits per heavy atom. The van der Waals surface area contributed by atoms with Gasteiger partial charge >= 0.3 is 0 Å². The standard InChI is InChI=1S/C13H17NO/c15-13-9-14-7-6-11(13)12(8-14)10-4-2-1-3-5-10/h1-5,11-13,15H,6-9H2/t11-,12-,13-/m0/s1. The summed E-state index contributed by atoms with van der Waals surface area (Å²) in [6, 6.07) is 10.6. The molecule has 1 unspecified atom stereocenters.